The van der Waals surface area contributed by atoms with Gasteiger partial charge in [-0.3, -0.25) is 0 Å². The van der Waals surface area contributed by atoms with Crippen molar-refractivity contribution in [2.45, 2.75) is 95.3 Å². The van der Waals surface area contributed by atoms with E-state index in [2.05, 4.69) is 20.8 Å². The maximum atomic E-state index is 6.41. The third kappa shape index (κ3) is 2.87. The van der Waals surface area contributed by atoms with Crippen molar-refractivity contribution in [3.63, 3.8) is 0 Å². The summed E-state index contributed by atoms with van der Waals surface area (Å²) >= 11 is 0. The Morgan fingerprint density at radius 3 is 1.07 bits per heavy atom. The Morgan fingerprint density at radius 1 is 0.667 bits per heavy atom. The minimum absolute atomic E-state index is 0.132. The Balaban J connectivity index is 2.09. The summed E-state index contributed by atoms with van der Waals surface area (Å²) in [6.45, 7) is 14.0. The van der Waals surface area contributed by atoms with E-state index in [0.29, 0.717) is 19.8 Å². The van der Waals surface area contributed by atoms with Crippen LogP contribution in [0.25, 0.3) is 0 Å². The normalized spacial score (nSPS) is 44.8. The lowest BCUT2D eigenvalue weighted by Gasteiger charge is -2.43. The fourth-order valence-corrected chi connectivity index (χ4v) is 10.4. The predicted molar refractivity (Wildman–Crippen MR) is 101 cm³/mol. The third-order valence-electron chi connectivity index (χ3n) is 5.83. The molecule has 3 aliphatic rings. The van der Waals surface area contributed by atoms with Crippen LogP contribution < -0.4 is 0 Å². The van der Waals surface area contributed by atoms with Crippen LogP contribution in [-0.4, -0.2) is 69.8 Å². The van der Waals surface area contributed by atoms with E-state index in [1.54, 1.807) is 7.11 Å². The maximum Gasteiger partial charge on any atom is 0.392 e. The van der Waals surface area contributed by atoms with Crippen molar-refractivity contribution in [1.29, 1.82) is 0 Å². The molecule has 0 aliphatic carbocycles. The second-order valence-corrected chi connectivity index (χ2v) is 11.6. The van der Waals surface area contributed by atoms with Crippen LogP contribution in [0.5, 0.6) is 0 Å². The van der Waals surface area contributed by atoms with Crippen molar-refractivity contribution in [1.82, 2.24) is 0 Å². The second kappa shape index (κ2) is 7.64. The Hall–Kier alpha value is -0.0631. The number of hydrogen-bond acceptors (Lipinski definition) is 7. The number of rotatable bonds is 13. The van der Waals surface area contributed by atoms with Crippen LogP contribution >= 0.6 is 0 Å². The Labute approximate surface area is 164 Å². The fourth-order valence-electron chi connectivity index (χ4n) is 4.47. The Kier molecular flexibility index (Phi) is 6.13. The highest BCUT2D eigenvalue weighted by Gasteiger charge is 2.98. The first kappa shape index (κ1) is 21.6. The molecule has 6 atom stereocenters. The molecule has 8 heteroatoms. The maximum absolute atomic E-state index is 6.41. The summed E-state index contributed by atoms with van der Waals surface area (Å²) in [5.74, 6) is 0. The van der Waals surface area contributed by atoms with E-state index in [1.165, 1.54) is 0 Å². The second-order valence-electron chi connectivity index (χ2n) is 7.71. The van der Waals surface area contributed by atoms with E-state index in [-0.39, 0.29) is 18.3 Å². The van der Waals surface area contributed by atoms with Gasteiger partial charge in [-0.2, -0.15) is 0 Å². The molecule has 7 nitrogen and oxygen atoms in total. The molecule has 0 aromatic heterocycles. The van der Waals surface area contributed by atoms with E-state index >= 15 is 0 Å². The van der Waals surface area contributed by atoms with E-state index in [0.717, 1.165) is 19.3 Å². The minimum atomic E-state index is -3.25. The van der Waals surface area contributed by atoms with Gasteiger partial charge in [0.1, 0.15) is 18.3 Å². The quantitative estimate of drug-likeness (QED) is 0.345. The third-order valence-corrected chi connectivity index (χ3v) is 11.4. The average Bonchev–Trinajstić information content (AvgIpc) is 3.59. The summed E-state index contributed by atoms with van der Waals surface area (Å²) in [6, 6.07) is 0. The number of epoxide rings is 3. The molecule has 0 aromatic rings. The van der Waals surface area contributed by atoms with Gasteiger partial charge in [0, 0.05) is 26.9 Å². The topological polar surface area (TPSA) is 74.5 Å². The first-order chi connectivity index (χ1) is 12.9. The van der Waals surface area contributed by atoms with Gasteiger partial charge in [-0.25, -0.2) is 0 Å². The Morgan fingerprint density at radius 2 is 0.926 bits per heavy atom. The van der Waals surface area contributed by atoms with Gasteiger partial charge in [-0.05, 0) is 40.0 Å². The van der Waals surface area contributed by atoms with E-state index in [4.69, 9.17) is 32.8 Å². The molecule has 6 unspecified atom stereocenters. The van der Waals surface area contributed by atoms with Crippen molar-refractivity contribution < 1.29 is 32.8 Å². The molecule has 3 rings (SSSR count). The summed E-state index contributed by atoms with van der Waals surface area (Å²) in [5, 5.41) is 0. The highest BCUT2D eigenvalue weighted by atomic mass is 28.4. The monoisotopic (exact) mass is 404 g/mol. The summed E-state index contributed by atoms with van der Waals surface area (Å²) in [5.41, 5.74) is -2.72. The molecule has 27 heavy (non-hydrogen) atoms. The van der Waals surface area contributed by atoms with Crippen molar-refractivity contribution >= 4 is 8.32 Å². The van der Waals surface area contributed by atoms with Crippen molar-refractivity contribution in [2.75, 3.05) is 26.9 Å². The summed E-state index contributed by atoms with van der Waals surface area (Å²) in [4.78, 5) is 0. The predicted octanol–water partition coefficient (Wildman–Crippen LogP) is 2.82. The molecule has 158 valence electrons. The fraction of sp³-hybridized carbons (Fsp3) is 1.00. The molecule has 3 aliphatic heterocycles. The van der Waals surface area contributed by atoms with Crippen molar-refractivity contribution in [3.05, 3.63) is 0 Å². The van der Waals surface area contributed by atoms with Crippen LogP contribution in [0.4, 0.5) is 0 Å². The van der Waals surface area contributed by atoms with Crippen LogP contribution in [0.2, 0.25) is 0 Å². The molecule has 3 heterocycles. The molecule has 0 aromatic carbocycles. The zero-order valence-electron chi connectivity index (χ0n) is 17.8. The van der Waals surface area contributed by atoms with E-state index < -0.39 is 24.5 Å². The van der Waals surface area contributed by atoms with Crippen molar-refractivity contribution in [2.24, 2.45) is 0 Å². The molecule has 0 amide bonds. The summed E-state index contributed by atoms with van der Waals surface area (Å²) in [7, 11) is -1.55. The standard InChI is InChI=1S/C19H36O7Si/c1-8-11-21-17(14(4)24-17)27(20-7,18(15(5)25-18)22-12-9-2)19(16(6)26-19)23-13-10-3/h14-16H,8-13H2,1-7H3. The average molecular weight is 405 g/mol. The summed E-state index contributed by atoms with van der Waals surface area (Å²) in [6.07, 6.45) is 2.24. The van der Waals surface area contributed by atoms with Crippen LogP contribution in [0.15, 0.2) is 0 Å². The molecule has 0 saturated carbocycles. The molecule has 0 radical (unpaired) electrons. The van der Waals surface area contributed by atoms with Crippen LogP contribution in [-0.2, 0) is 32.8 Å². The SMILES string of the molecule is CCCOC1([Si](OC)(C2(OCCC)OC2C)C2(OCCC)OC2C)OC1C. The molecule has 3 saturated heterocycles. The van der Waals surface area contributed by atoms with Gasteiger partial charge in [0.2, 0.25) is 16.2 Å². The molecular weight excluding hydrogens is 368 g/mol. The van der Waals surface area contributed by atoms with Gasteiger partial charge in [0.15, 0.2) is 0 Å². The first-order valence-electron chi connectivity index (χ1n) is 10.4. The highest BCUT2D eigenvalue weighted by molar-refractivity contribution is 6.83. The van der Waals surface area contributed by atoms with E-state index in [9.17, 15) is 0 Å². The van der Waals surface area contributed by atoms with Gasteiger partial charge in [-0.1, -0.05) is 20.8 Å². The van der Waals surface area contributed by atoms with Crippen LogP contribution in [0.1, 0.15) is 60.8 Å². The van der Waals surface area contributed by atoms with E-state index in [1.807, 2.05) is 20.8 Å². The zero-order valence-corrected chi connectivity index (χ0v) is 18.8. The Bertz CT molecular complexity index is 465. The highest BCUT2D eigenvalue weighted by Crippen LogP contribution is 2.66. The lowest BCUT2D eigenvalue weighted by Crippen LogP contribution is -2.77. The van der Waals surface area contributed by atoms with Gasteiger partial charge < -0.3 is 32.8 Å². The zero-order chi connectivity index (χ0) is 19.9. The first-order valence-corrected chi connectivity index (χ1v) is 12.3. The molecule has 3 fully saturated rings. The van der Waals surface area contributed by atoms with Gasteiger partial charge in [-0.15, -0.1) is 0 Å². The van der Waals surface area contributed by atoms with Crippen LogP contribution in [0, 0.1) is 0 Å². The van der Waals surface area contributed by atoms with Crippen LogP contribution in [0.3, 0.4) is 0 Å². The lowest BCUT2D eigenvalue weighted by atomic mass is 10.5. The number of ether oxygens (including phenoxy) is 6. The smallest absolute Gasteiger partial charge is 0.392 e. The van der Waals surface area contributed by atoms with Gasteiger partial charge in [0.05, 0.1) is 0 Å². The molecule has 0 spiro atoms. The van der Waals surface area contributed by atoms with Gasteiger partial charge in [0.25, 0.3) is 0 Å². The largest absolute Gasteiger partial charge is 0.407 e. The minimum Gasteiger partial charge on any atom is -0.407 e. The molecular formula is C19H36O7Si. The number of hydrogen-bond donors (Lipinski definition) is 0. The van der Waals surface area contributed by atoms with Gasteiger partial charge >= 0.3 is 8.32 Å². The molecule has 0 N–H and O–H groups in total. The van der Waals surface area contributed by atoms with Crippen molar-refractivity contribution in [3.8, 4) is 0 Å². The summed E-state index contributed by atoms with van der Waals surface area (Å²) < 4.78 is 44.0. The molecule has 0 bridgehead atoms. The lowest BCUT2D eigenvalue weighted by molar-refractivity contribution is -0.0920.